The van der Waals surface area contributed by atoms with Crippen LogP contribution in [0, 0.1) is 0 Å². The first kappa shape index (κ1) is 16.5. The largest absolute Gasteiger partial charge is 0.497 e. The van der Waals surface area contributed by atoms with Crippen LogP contribution in [0.5, 0.6) is 5.75 Å². The standard InChI is InChI=1S/C18H14ClNO3S/c1-23-14-9-7-13(8-10-14)16(21)17-15(19)18(22)20(24-17)11-12-5-3-2-4-6-12/h2-10H,11H2,1H3. The molecule has 0 amide bonds. The third-order valence-electron chi connectivity index (χ3n) is 3.54. The van der Waals surface area contributed by atoms with E-state index in [4.69, 9.17) is 16.3 Å². The Morgan fingerprint density at radius 3 is 2.42 bits per heavy atom. The molecule has 1 aromatic heterocycles. The lowest BCUT2D eigenvalue weighted by Crippen LogP contribution is -2.14. The topological polar surface area (TPSA) is 48.3 Å². The molecule has 0 aliphatic heterocycles. The third-order valence-corrected chi connectivity index (χ3v) is 5.09. The number of hydrogen-bond acceptors (Lipinski definition) is 4. The number of ketones is 1. The minimum Gasteiger partial charge on any atom is -0.497 e. The summed E-state index contributed by atoms with van der Waals surface area (Å²) < 4.78 is 6.57. The van der Waals surface area contributed by atoms with Gasteiger partial charge in [-0.05, 0) is 29.8 Å². The molecule has 24 heavy (non-hydrogen) atoms. The number of carbonyl (C=O) groups is 1. The van der Waals surface area contributed by atoms with Gasteiger partial charge in [-0.3, -0.25) is 13.5 Å². The molecular formula is C18H14ClNO3S. The maximum Gasteiger partial charge on any atom is 0.280 e. The monoisotopic (exact) mass is 359 g/mol. The van der Waals surface area contributed by atoms with Crippen molar-refractivity contribution in [3.05, 3.63) is 86.0 Å². The van der Waals surface area contributed by atoms with E-state index in [1.54, 1.807) is 31.4 Å². The van der Waals surface area contributed by atoms with Crippen LogP contribution in [0.1, 0.15) is 20.8 Å². The lowest BCUT2D eigenvalue weighted by molar-refractivity contribution is 0.104. The highest BCUT2D eigenvalue weighted by molar-refractivity contribution is 7.09. The zero-order valence-electron chi connectivity index (χ0n) is 12.9. The Labute approximate surface area is 148 Å². The number of rotatable bonds is 5. The van der Waals surface area contributed by atoms with E-state index in [9.17, 15) is 9.59 Å². The SMILES string of the molecule is COc1ccc(C(=O)c2sn(Cc3ccccc3)c(=O)c2Cl)cc1. The summed E-state index contributed by atoms with van der Waals surface area (Å²) in [5.41, 5.74) is 1.09. The molecule has 2 aromatic carbocycles. The second-order valence-corrected chi connectivity index (χ2v) is 6.53. The maximum atomic E-state index is 12.6. The Balaban J connectivity index is 1.92. The fourth-order valence-electron chi connectivity index (χ4n) is 2.27. The summed E-state index contributed by atoms with van der Waals surface area (Å²) in [5.74, 6) is 0.393. The van der Waals surface area contributed by atoms with E-state index in [0.717, 1.165) is 17.1 Å². The molecule has 4 nitrogen and oxygen atoms in total. The van der Waals surface area contributed by atoms with Crippen molar-refractivity contribution in [3.8, 4) is 5.75 Å². The lowest BCUT2D eigenvalue weighted by Gasteiger charge is -2.02. The molecule has 3 rings (SSSR count). The fourth-order valence-corrected chi connectivity index (χ4v) is 3.58. The second kappa shape index (κ2) is 7.03. The fraction of sp³-hybridized carbons (Fsp3) is 0.111. The molecule has 0 atom stereocenters. The highest BCUT2D eigenvalue weighted by Gasteiger charge is 2.21. The summed E-state index contributed by atoms with van der Waals surface area (Å²) in [5, 5.41) is -0.0308. The van der Waals surface area contributed by atoms with Gasteiger partial charge in [-0.2, -0.15) is 0 Å². The van der Waals surface area contributed by atoms with Crippen LogP contribution in [-0.2, 0) is 6.54 Å². The minimum absolute atomic E-state index is 0.0308. The summed E-state index contributed by atoms with van der Waals surface area (Å²) in [6.45, 7) is 0.389. The van der Waals surface area contributed by atoms with Crippen molar-refractivity contribution in [3.63, 3.8) is 0 Å². The van der Waals surface area contributed by atoms with Gasteiger partial charge in [0.05, 0.1) is 13.7 Å². The van der Waals surface area contributed by atoms with Gasteiger partial charge in [0.15, 0.2) is 0 Å². The Morgan fingerprint density at radius 2 is 1.79 bits per heavy atom. The van der Waals surface area contributed by atoms with E-state index in [-0.39, 0.29) is 21.2 Å². The molecule has 1 heterocycles. The molecule has 0 saturated carbocycles. The number of halogens is 1. The van der Waals surface area contributed by atoms with Gasteiger partial charge in [0.2, 0.25) is 5.78 Å². The van der Waals surface area contributed by atoms with Gasteiger partial charge in [0.1, 0.15) is 15.6 Å². The van der Waals surface area contributed by atoms with Gasteiger partial charge < -0.3 is 4.74 Å². The molecule has 6 heteroatoms. The average Bonchev–Trinajstić information content (AvgIpc) is 2.90. The highest BCUT2D eigenvalue weighted by atomic mass is 35.5. The number of nitrogens with zero attached hydrogens (tertiary/aromatic N) is 1. The van der Waals surface area contributed by atoms with Crippen molar-refractivity contribution < 1.29 is 9.53 Å². The summed E-state index contributed by atoms with van der Waals surface area (Å²) in [7, 11) is 1.56. The molecule has 0 N–H and O–H groups in total. The van der Waals surface area contributed by atoms with E-state index in [0.29, 0.717) is 17.9 Å². The zero-order chi connectivity index (χ0) is 17.1. The molecule has 0 unspecified atom stereocenters. The molecule has 122 valence electrons. The quantitative estimate of drug-likeness (QED) is 0.650. The van der Waals surface area contributed by atoms with E-state index >= 15 is 0 Å². The highest BCUT2D eigenvalue weighted by Crippen LogP contribution is 2.23. The van der Waals surface area contributed by atoms with Gasteiger partial charge in [-0.15, -0.1) is 0 Å². The van der Waals surface area contributed by atoms with E-state index in [1.807, 2.05) is 30.3 Å². The zero-order valence-corrected chi connectivity index (χ0v) is 14.4. The molecule has 0 fully saturated rings. The van der Waals surface area contributed by atoms with Crippen molar-refractivity contribution in [1.82, 2.24) is 3.96 Å². The van der Waals surface area contributed by atoms with Crippen molar-refractivity contribution in [2.45, 2.75) is 6.54 Å². The lowest BCUT2D eigenvalue weighted by atomic mass is 10.1. The van der Waals surface area contributed by atoms with Gasteiger partial charge >= 0.3 is 0 Å². The van der Waals surface area contributed by atoms with Crippen molar-refractivity contribution in [2.24, 2.45) is 0 Å². The van der Waals surface area contributed by atoms with Crippen LogP contribution in [-0.4, -0.2) is 16.8 Å². The number of aromatic nitrogens is 1. The van der Waals surface area contributed by atoms with Gasteiger partial charge in [0.25, 0.3) is 5.56 Å². The van der Waals surface area contributed by atoms with Crippen LogP contribution in [0.15, 0.2) is 59.4 Å². The Morgan fingerprint density at radius 1 is 1.12 bits per heavy atom. The Hall–Kier alpha value is -2.37. The molecule has 0 aliphatic carbocycles. The molecular weight excluding hydrogens is 346 g/mol. The number of methoxy groups -OCH3 is 1. The van der Waals surface area contributed by atoms with Crippen LogP contribution < -0.4 is 10.3 Å². The van der Waals surface area contributed by atoms with Crippen LogP contribution in [0.3, 0.4) is 0 Å². The second-order valence-electron chi connectivity index (χ2n) is 5.12. The van der Waals surface area contributed by atoms with Crippen LogP contribution in [0.4, 0.5) is 0 Å². The maximum absolute atomic E-state index is 12.6. The number of carbonyl (C=O) groups excluding carboxylic acids is 1. The normalized spacial score (nSPS) is 10.6. The minimum atomic E-state index is -0.345. The molecule has 0 saturated heterocycles. The van der Waals surface area contributed by atoms with Crippen molar-refractivity contribution >= 4 is 28.9 Å². The van der Waals surface area contributed by atoms with E-state index in [2.05, 4.69) is 0 Å². The van der Waals surface area contributed by atoms with Gasteiger partial charge in [0, 0.05) is 5.56 Å². The smallest absolute Gasteiger partial charge is 0.280 e. The molecule has 0 aliphatic rings. The Bertz CT molecular complexity index is 914. The molecule has 3 aromatic rings. The molecule has 0 radical (unpaired) electrons. The van der Waals surface area contributed by atoms with E-state index < -0.39 is 0 Å². The number of benzene rings is 2. The number of hydrogen-bond donors (Lipinski definition) is 0. The molecule has 0 spiro atoms. The van der Waals surface area contributed by atoms with Gasteiger partial charge in [-0.1, -0.05) is 53.5 Å². The van der Waals surface area contributed by atoms with Gasteiger partial charge in [-0.25, -0.2) is 0 Å². The first-order valence-electron chi connectivity index (χ1n) is 7.22. The van der Waals surface area contributed by atoms with Crippen LogP contribution in [0.25, 0.3) is 0 Å². The summed E-state index contributed by atoms with van der Waals surface area (Å²) in [6.07, 6.45) is 0. The number of ether oxygens (including phenoxy) is 1. The predicted molar refractivity (Wildman–Crippen MR) is 95.6 cm³/mol. The first-order valence-corrected chi connectivity index (χ1v) is 8.37. The summed E-state index contributed by atoms with van der Waals surface area (Å²) in [6, 6.07) is 16.3. The van der Waals surface area contributed by atoms with Crippen molar-refractivity contribution in [1.29, 1.82) is 0 Å². The van der Waals surface area contributed by atoms with Crippen LogP contribution >= 0.6 is 23.1 Å². The van der Waals surface area contributed by atoms with Crippen LogP contribution in [0.2, 0.25) is 5.02 Å². The third kappa shape index (κ3) is 3.27. The Kier molecular flexibility index (Phi) is 4.83. The van der Waals surface area contributed by atoms with Crippen molar-refractivity contribution in [2.75, 3.05) is 7.11 Å². The molecule has 0 bridgehead atoms. The predicted octanol–water partition coefficient (Wildman–Crippen LogP) is 3.85. The first-order chi connectivity index (χ1) is 11.6. The summed E-state index contributed by atoms with van der Waals surface area (Å²) in [4.78, 5) is 25.2. The summed E-state index contributed by atoms with van der Waals surface area (Å²) >= 11 is 7.20. The van der Waals surface area contributed by atoms with E-state index in [1.165, 1.54) is 3.96 Å². The average molecular weight is 360 g/mol.